The topological polar surface area (TPSA) is 80.7 Å². The summed E-state index contributed by atoms with van der Waals surface area (Å²) < 4.78 is 37.0. The van der Waals surface area contributed by atoms with Gasteiger partial charge in [-0.1, -0.05) is 19.9 Å². The SMILES string of the molecule is C[C@@H]1CC2C3C[C@H](F)C4=CC(=O)C=C[C@]4(C)[C@@]3(F)[C@@H](O)C[C@@]2(C)C1C(=O)COC(=O)Cl. The van der Waals surface area contributed by atoms with Crippen LogP contribution in [0.2, 0.25) is 0 Å². The normalized spacial score (nSPS) is 48.4. The van der Waals surface area contributed by atoms with Gasteiger partial charge < -0.3 is 9.84 Å². The molecule has 0 radical (unpaired) electrons. The molecule has 0 aromatic heterocycles. The molecule has 3 fully saturated rings. The van der Waals surface area contributed by atoms with Gasteiger partial charge in [0.05, 0.1) is 6.10 Å². The third kappa shape index (κ3) is 2.99. The minimum atomic E-state index is -2.16. The van der Waals surface area contributed by atoms with Gasteiger partial charge in [-0.3, -0.25) is 9.59 Å². The molecule has 0 aromatic carbocycles. The number of halogens is 3. The van der Waals surface area contributed by atoms with Crippen molar-refractivity contribution < 1.29 is 33.0 Å². The van der Waals surface area contributed by atoms with Crippen molar-refractivity contribution in [2.24, 2.45) is 34.5 Å². The zero-order valence-electron chi connectivity index (χ0n) is 17.7. The van der Waals surface area contributed by atoms with E-state index in [1.54, 1.807) is 6.92 Å². The van der Waals surface area contributed by atoms with E-state index >= 15 is 8.78 Å². The van der Waals surface area contributed by atoms with Crippen LogP contribution in [0.5, 0.6) is 0 Å². The van der Waals surface area contributed by atoms with E-state index in [4.69, 9.17) is 11.6 Å². The van der Waals surface area contributed by atoms with Crippen molar-refractivity contribution in [3.05, 3.63) is 23.8 Å². The molecule has 0 bridgehead atoms. The average Bonchev–Trinajstić information content (AvgIpc) is 2.94. The summed E-state index contributed by atoms with van der Waals surface area (Å²) in [7, 11) is 0. The predicted octanol–water partition coefficient (Wildman–Crippen LogP) is 4.11. The summed E-state index contributed by atoms with van der Waals surface area (Å²) in [5.41, 5.74) is -5.38. The minimum Gasteiger partial charge on any atom is -0.446 e. The van der Waals surface area contributed by atoms with Gasteiger partial charge in [0.1, 0.15) is 6.17 Å². The fourth-order valence-electron chi connectivity index (χ4n) is 7.47. The smallest absolute Gasteiger partial charge is 0.404 e. The van der Waals surface area contributed by atoms with Gasteiger partial charge in [-0.25, -0.2) is 13.6 Å². The van der Waals surface area contributed by atoms with E-state index in [9.17, 15) is 19.5 Å². The first-order chi connectivity index (χ1) is 14.4. The summed E-state index contributed by atoms with van der Waals surface area (Å²) in [6.07, 6.45) is 1.20. The Balaban J connectivity index is 1.74. The van der Waals surface area contributed by atoms with Gasteiger partial charge in [-0.15, -0.1) is 0 Å². The molecule has 4 rings (SSSR count). The largest absolute Gasteiger partial charge is 0.446 e. The van der Waals surface area contributed by atoms with E-state index in [1.165, 1.54) is 12.2 Å². The lowest BCUT2D eigenvalue weighted by Crippen LogP contribution is -2.68. The molecule has 5 nitrogen and oxygen atoms in total. The maximum Gasteiger partial charge on any atom is 0.404 e. The van der Waals surface area contributed by atoms with Crippen LogP contribution in [0, 0.1) is 34.5 Å². The Kier molecular flexibility index (Phi) is 5.25. The molecule has 0 heterocycles. The number of rotatable bonds is 3. The van der Waals surface area contributed by atoms with Crippen molar-refractivity contribution in [1.29, 1.82) is 0 Å². The maximum atomic E-state index is 17.0. The van der Waals surface area contributed by atoms with E-state index in [2.05, 4.69) is 4.74 Å². The standard InChI is InChI=1S/C23H27ClF2O5/c1-11-6-13-14-8-16(25)15-7-12(27)4-5-22(15,3)23(14,26)18(29)9-21(13,2)19(11)17(28)10-31-20(24)30/h4-5,7,11,13-14,16,18-19,29H,6,8-10H2,1-3H3/t11-,13?,14?,16+,18+,19?,21-,22+,23+/m1/s1. The summed E-state index contributed by atoms with van der Waals surface area (Å²) in [5, 5.41) is 11.2. The monoisotopic (exact) mass is 456 g/mol. The van der Waals surface area contributed by atoms with Crippen molar-refractivity contribution >= 4 is 28.6 Å². The van der Waals surface area contributed by atoms with Crippen LogP contribution < -0.4 is 0 Å². The van der Waals surface area contributed by atoms with Crippen LogP contribution in [0.3, 0.4) is 0 Å². The maximum absolute atomic E-state index is 17.0. The molecular formula is C23H27ClF2O5. The third-order valence-electron chi connectivity index (χ3n) is 8.64. The number of carbonyl (C=O) groups excluding carboxylic acids is 3. The highest BCUT2D eigenvalue weighted by atomic mass is 35.5. The van der Waals surface area contributed by atoms with Crippen molar-refractivity contribution in [2.75, 3.05) is 6.61 Å². The number of carbonyl (C=O) groups is 3. The highest BCUT2D eigenvalue weighted by molar-refractivity contribution is 6.61. The van der Waals surface area contributed by atoms with Gasteiger partial charge in [0, 0.05) is 28.9 Å². The van der Waals surface area contributed by atoms with Crippen LogP contribution in [0.1, 0.15) is 40.0 Å². The van der Waals surface area contributed by atoms with E-state index in [0.717, 1.165) is 6.08 Å². The molecule has 0 saturated heterocycles. The molecular weight excluding hydrogens is 430 g/mol. The van der Waals surface area contributed by atoms with Gasteiger partial charge in [0.25, 0.3) is 0 Å². The van der Waals surface area contributed by atoms with Crippen molar-refractivity contribution in [1.82, 2.24) is 0 Å². The number of aliphatic hydroxyl groups excluding tert-OH is 1. The van der Waals surface area contributed by atoms with E-state index in [0.29, 0.717) is 6.42 Å². The molecule has 4 aliphatic rings. The molecule has 31 heavy (non-hydrogen) atoms. The zero-order valence-corrected chi connectivity index (χ0v) is 18.5. The predicted molar refractivity (Wildman–Crippen MR) is 109 cm³/mol. The second-order valence-corrected chi connectivity index (χ2v) is 10.4. The molecule has 9 atom stereocenters. The first-order valence-corrected chi connectivity index (χ1v) is 11.0. The number of fused-ring (bicyclic) bond motifs is 5. The van der Waals surface area contributed by atoms with Gasteiger partial charge in [0.2, 0.25) is 0 Å². The summed E-state index contributed by atoms with van der Waals surface area (Å²) in [5.74, 6) is -2.61. The Bertz CT molecular complexity index is 902. The molecule has 0 aromatic rings. The van der Waals surface area contributed by atoms with Gasteiger partial charge in [0.15, 0.2) is 23.8 Å². The quantitative estimate of drug-likeness (QED) is 0.646. The minimum absolute atomic E-state index is 0.0157. The Morgan fingerprint density at radius 2 is 1.97 bits per heavy atom. The molecule has 170 valence electrons. The summed E-state index contributed by atoms with van der Waals surface area (Å²) in [4.78, 5) is 35.7. The molecule has 3 unspecified atom stereocenters. The number of allylic oxidation sites excluding steroid dienone is 4. The number of ether oxygens (including phenoxy) is 1. The highest BCUT2D eigenvalue weighted by Crippen LogP contribution is 2.70. The highest BCUT2D eigenvalue weighted by Gasteiger charge is 2.73. The van der Waals surface area contributed by atoms with Gasteiger partial charge >= 0.3 is 5.43 Å². The number of aliphatic hydroxyl groups is 1. The van der Waals surface area contributed by atoms with Crippen molar-refractivity contribution in [2.45, 2.75) is 58.0 Å². The zero-order chi connectivity index (χ0) is 22.9. The first kappa shape index (κ1) is 22.6. The Morgan fingerprint density at radius 1 is 1.29 bits per heavy atom. The van der Waals surface area contributed by atoms with Crippen LogP contribution in [0.25, 0.3) is 0 Å². The second kappa shape index (κ2) is 7.20. The van der Waals surface area contributed by atoms with Gasteiger partial charge in [-0.05, 0) is 61.2 Å². The van der Waals surface area contributed by atoms with Crippen molar-refractivity contribution in [3.8, 4) is 0 Å². The molecule has 0 amide bonds. The summed E-state index contributed by atoms with van der Waals surface area (Å²) in [6.45, 7) is 4.79. The van der Waals surface area contributed by atoms with Crippen LogP contribution in [0.4, 0.5) is 13.6 Å². The van der Waals surface area contributed by atoms with E-state index in [1.807, 2.05) is 13.8 Å². The lowest BCUT2D eigenvalue weighted by atomic mass is 9.45. The van der Waals surface area contributed by atoms with Crippen LogP contribution in [0.15, 0.2) is 23.8 Å². The molecule has 0 aliphatic heterocycles. The second-order valence-electron chi connectivity index (χ2n) is 10.1. The van der Waals surface area contributed by atoms with Crippen molar-refractivity contribution in [3.63, 3.8) is 0 Å². The fourth-order valence-corrected chi connectivity index (χ4v) is 7.53. The Labute approximate surface area is 184 Å². The summed E-state index contributed by atoms with van der Waals surface area (Å²) >= 11 is 5.20. The number of Topliss-reactive ketones (excluding diaryl/α,β-unsaturated/α-hetero) is 1. The van der Waals surface area contributed by atoms with Crippen LogP contribution >= 0.6 is 11.6 Å². The van der Waals surface area contributed by atoms with E-state index in [-0.39, 0.29) is 41.8 Å². The number of alkyl halides is 2. The molecule has 3 saturated carbocycles. The Morgan fingerprint density at radius 3 is 2.61 bits per heavy atom. The number of hydrogen-bond acceptors (Lipinski definition) is 5. The molecule has 0 spiro atoms. The molecule has 4 aliphatic carbocycles. The molecule has 1 N–H and O–H groups in total. The fraction of sp³-hybridized carbons (Fsp3) is 0.696. The number of hydrogen-bond donors (Lipinski definition) is 1. The number of ketones is 2. The Hall–Kier alpha value is -1.60. The van der Waals surface area contributed by atoms with Crippen LogP contribution in [-0.2, 0) is 14.3 Å². The average molecular weight is 457 g/mol. The van der Waals surface area contributed by atoms with Crippen LogP contribution in [-0.4, -0.2) is 46.7 Å². The van der Waals surface area contributed by atoms with E-state index < -0.39 is 52.6 Å². The van der Waals surface area contributed by atoms with Gasteiger partial charge in [-0.2, -0.15) is 0 Å². The summed E-state index contributed by atoms with van der Waals surface area (Å²) in [6, 6.07) is 0. The lowest BCUT2D eigenvalue weighted by molar-refractivity contribution is -0.202. The first-order valence-electron chi connectivity index (χ1n) is 10.7. The molecule has 8 heteroatoms. The lowest BCUT2D eigenvalue weighted by Gasteiger charge is -2.62. The third-order valence-corrected chi connectivity index (χ3v) is 8.75.